The molecular formula is C14H20N2O2. The lowest BCUT2D eigenvalue weighted by atomic mass is 10.1. The Morgan fingerprint density at radius 1 is 1.44 bits per heavy atom. The number of hydrogen-bond acceptors (Lipinski definition) is 4. The Morgan fingerprint density at radius 2 is 2.28 bits per heavy atom. The number of aliphatic imine (C=N–C) groups is 1. The minimum atomic E-state index is 0.133. The Labute approximate surface area is 108 Å². The van der Waals surface area contributed by atoms with Crippen LogP contribution in [0.5, 0.6) is 5.75 Å². The summed E-state index contributed by atoms with van der Waals surface area (Å²) in [6.45, 7) is 1.41. The molecule has 2 rings (SSSR count). The maximum atomic E-state index is 5.81. The predicted molar refractivity (Wildman–Crippen MR) is 72.2 cm³/mol. The number of para-hydroxylation sites is 1. The number of ether oxygens (including phenoxy) is 2. The van der Waals surface area contributed by atoms with E-state index in [9.17, 15) is 0 Å². The lowest BCUT2D eigenvalue weighted by molar-refractivity contribution is 0.217. The molecule has 1 aromatic rings. The van der Waals surface area contributed by atoms with E-state index in [4.69, 9.17) is 15.2 Å². The van der Waals surface area contributed by atoms with Crippen molar-refractivity contribution in [3.05, 3.63) is 29.8 Å². The highest BCUT2D eigenvalue weighted by Crippen LogP contribution is 2.22. The minimum Gasteiger partial charge on any atom is -0.496 e. The standard InChI is InChI=1S/C14H20N2O2/c1-17-13-6-3-2-5-11(13)9-12-10-16-14(18-12)7-4-8-15/h2-3,5-6,12H,4,7-10,15H2,1H3. The lowest BCUT2D eigenvalue weighted by Gasteiger charge is -2.13. The molecule has 0 saturated carbocycles. The largest absolute Gasteiger partial charge is 0.496 e. The van der Waals surface area contributed by atoms with Crippen LogP contribution in [0, 0.1) is 0 Å². The van der Waals surface area contributed by atoms with Crippen molar-refractivity contribution < 1.29 is 9.47 Å². The molecule has 4 nitrogen and oxygen atoms in total. The van der Waals surface area contributed by atoms with Crippen molar-refractivity contribution in [3.63, 3.8) is 0 Å². The molecule has 1 aromatic carbocycles. The quantitative estimate of drug-likeness (QED) is 0.834. The SMILES string of the molecule is COc1ccccc1CC1CN=C(CCCN)O1. The second-order valence-electron chi connectivity index (χ2n) is 4.38. The van der Waals surface area contributed by atoms with Crippen LogP contribution >= 0.6 is 0 Å². The van der Waals surface area contributed by atoms with Crippen molar-refractivity contribution in [1.82, 2.24) is 0 Å². The summed E-state index contributed by atoms with van der Waals surface area (Å²) in [4.78, 5) is 4.40. The summed E-state index contributed by atoms with van der Waals surface area (Å²) in [7, 11) is 1.69. The third-order valence-electron chi connectivity index (χ3n) is 3.01. The Balaban J connectivity index is 1.89. The lowest BCUT2D eigenvalue weighted by Crippen LogP contribution is -2.17. The summed E-state index contributed by atoms with van der Waals surface area (Å²) >= 11 is 0. The smallest absolute Gasteiger partial charge is 0.183 e. The van der Waals surface area contributed by atoms with Crippen molar-refractivity contribution in [2.24, 2.45) is 10.7 Å². The van der Waals surface area contributed by atoms with Gasteiger partial charge in [-0.1, -0.05) is 18.2 Å². The molecule has 0 amide bonds. The number of nitrogens with two attached hydrogens (primary N) is 1. The van der Waals surface area contributed by atoms with Gasteiger partial charge < -0.3 is 15.2 Å². The molecule has 0 fully saturated rings. The van der Waals surface area contributed by atoms with Crippen LogP contribution < -0.4 is 10.5 Å². The summed E-state index contributed by atoms with van der Waals surface area (Å²) < 4.78 is 11.1. The van der Waals surface area contributed by atoms with E-state index in [2.05, 4.69) is 11.1 Å². The van der Waals surface area contributed by atoms with E-state index in [0.29, 0.717) is 6.54 Å². The molecule has 0 aliphatic carbocycles. The van der Waals surface area contributed by atoms with E-state index in [1.54, 1.807) is 7.11 Å². The summed E-state index contributed by atoms with van der Waals surface area (Å²) in [6.07, 6.45) is 2.74. The topological polar surface area (TPSA) is 56.8 Å². The normalized spacial score (nSPS) is 18.3. The van der Waals surface area contributed by atoms with Crippen molar-refractivity contribution in [1.29, 1.82) is 0 Å². The first kappa shape index (κ1) is 12.9. The number of benzene rings is 1. The fourth-order valence-corrected chi connectivity index (χ4v) is 2.08. The molecule has 1 heterocycles. The molecule has 1 aliphatic rings. The van der Waals surface area contributed by atoms with Gasteiger partial charge in [0.25, 0.3) is 0 Å². The number of methoxy groups -OCH3 is 1. The van der Waals surface area contributed by atoms with Crippen LogP contribution in [0.1, 0.15) is 18.4 Å². The fourth-order valence-electron chi connectivity index (χ4n) is 2.08. The van der Waals surface area contributed by atoms with E-state index >= 15 is 0 Å². The van der Waals surface area contributed by atoms with E-state index in [-0.39, 0.29) is 6.10 Å². The first-order valence-electron chi connectivity index (χ1n) is 6.35. The molecule has 0 spiro atoms. The van der Waals surface area contributed by atoms with Gasteiger partial charge in [-0.3, -0.25) is 4.99 Å². The van der Waals surface area contributed by atoms with Crippen LogP contribution in [0.25, 0.3) is 0 Å². The van der Waals surface area contributed by atoms with Gasteiger partial charge in [0.15, 0.2) is 5.90 Å². The number of rotatable bonds is 6. The summed E-state index contributed by atoms with van der Waals surface area (Å²) in [6, 6.07) is 8.03. The van der Waals surface area contributed by atoms with Gasteiger partial charge in [-0.25, -0.2) is 0 Å². The van der Waals surface area contributed by atoms with Gasteiger partial charge in [-0.2, -0.15) is 0 Å². The zero-order valence-corrected chi connectivity index (χ0v) is 10.8. The third kappa shape index (κ3) is 3.23. The Hall–Kier alpha value is -1.55. The van der Waals surface area contributed by atoms with Gasteiger partial charge >= 0.3 is 0 Å². The summed E-state index contributed by atoms with van der Waals surface area (Å²) in [5.74, 6) is 1.76. The van der Waals surface area contributed by atoms with E-state index in [1.165, 1.54) is 5.56 Å². The highest BCUT2D eigenvalue weighted by molar-refractivity contribution is 5.77. The monoisotopic (exact) mass is 248 g/mol. The highest BCUT2D eigenvalue weighted by atomic mass is 16.5. The van der Waals surface area contributed by atoms with Gasteiger partial charge in [-0.15, -0.1) is 0 Å². The van der Waals surface area contributed by atoms with Gasteiger partial charge in [0, 0.05) is 12.8 Å². The Kier molecular flexibility index (Phi) is 4.59. The zero-order chi connectivity index (χ0) is 12.8. The number of nitrogens with zero attached hydrogens (tertiary/aromatic N) is 1. The van der Waals surface area contributed by atoms with E-state index < -0.39 is 0 Å². The molecule has 0 bridgehead atoms. The van der Waals surface area contributed by atoms with Gasteiger partial charge in [0.1, 0.15) is 11.9 Å². The Morgan fingerprint density at radius 3 is 3.06 bits per heavy atom. The first-order chi connectivity index (χ1) is 8.83. The van der Waals surface area contributed by atoms with E-state index in [0.717, 1.165) is 37.5 Å². The van der Waals surface area contributed by atoms with Gasteiger partial charge in [-0.05, 0) is 24.6 Å². The minimum absolute atomic E-state index is 0.133. The molecule has 98 valence electrons. The summed E-state index contributed by atoms with van der Waals surface area (Å²) in [5, 5.41) is 0. The van der Waals surface area contributed by atoms with Crippen LogP contribution in [0.4, 0.5) is 0 Å². The second-order valence-corrected chi connectivity index (χ2v) is 4.38. The average molecular weight is 248 g/mol. The van der Waals surface area contributed by atoms with Crippen LogP contribution in [0.15, 0.2) is 29.3 Å². The average Bonchev–Trinajstić information content (AvgIpc) is 2.84. The maximum Gasteiger partial charge on any atom is 0.183 e. The fraction of sp³-hybridized carbons (Fsp3) is 0.500. The molecule has 2 N–H and O–H groups in total. The highest BCUT2D eigenvalue weighted by Gasteiger charge is 2.20. The van der Waals surface area contributed by atoms with Crippen LogP contribution in [0.3, 0.4) is 0 Å². The Bertz CT molecular complexity index is 418. The van der Waals surface area contributed by atoms with Crippen LogP contribution in [-0.4, -0.2) is 32.2 Å². The first-order valence-corrected chi connectivity index (χ1v) is 6.35. The molecule has 18 heavy (non-hydrogen) atoms. The molecule has 1 aliphatic heterocycles. The molecule has 1 unspecified atom stereocenters. The van der Waals surface area contributed by atoms with Crippen molar-refractivity contribution in [2.45, 2.75) is 25.4 Å². The van der Waals surface area contributed by atoms with E-state index in [1.807, 2.05) is 18.2 Å². The summed E-state index contributed by atoms with van der Waals surface area (Å²) in [5.41, 5.74) is 6.64. The van der Waals surface area contributed by atoms with Gasteiger partial charge in [0.2, 0.25) is 0 Å². The zero-order valence-electron chi connectivity index (χ0n) is 10.8. The van der Waals surface area contributed by atoms with Crippen molar-refractivity contribution >= 4 is 5.90 Å². The molecule has 0 aromatic heterocycles. The molecule has 1 atom stereocenters. The second kappa shape index (κ2) is 6.40. The third-order valence-corrected chi connectivity index (χ3v) is 3.01. The molecule has 0 saturated heterocycles. The molecule has 0 radical (unpaired) electrons. The number of hydrogen-bond donors (Lipinski definition) is 1. The van der Waals surface area contributed by atoms with Crippen LogP contribution in [0.2, 0.25) is 0 Å². The van der Waals surface area contributed by atoms with Crippen molar-refractivity contribution in [3.8, 4) is 5.75 Å². The van der Waals surface area contributed by atoms with Crippen molar-refractivity contribution in [2.75, 3.05) is 20.2 Å². The molecular weight excluding hydrogens is 228 g/mol. The maximum absolute atomic E-state index is 5.81. The van der Waals surface area contributed by atoms with Gasteiger partial charge in [0.05, 0.1) is 13.7 Å². The van der Waals surface area contributed by atoms with Crippen LogP contribution in [-0.2, 0) is 11.2 Å². The predicted octanol–water partition coefficient (Wildman–Crippen LogP) is 1.77. The molecule has 4 heteroatoms.